The average molecular weight is 477 g/mol. The van der Waals surface area contributed by atoms with Crippen LogP contribution in [0.4, 0.5) is 16.0 Å². The monoisotopic (exact) mass is 476 g/mol. The molecule has 5 heterocycles. The molecule has 1 aliphatic rings. The third kappa shape index (κ3) is 5.77. The Balaban J connectivity index is 1.29. The van der Waals surface area contributed by atoms with Crippen molar-refractivity contribution in [1.82, 2.24) is 34.8 Å². The van der Waals surface area contributed by atoms with Crippen molar-refractivity contribution in [3.05, 3.63) is 54.6 Å². The Labute approximate surface area is 203 Å². The Bertz CT molecular complexity index is 1290. The Kier molecular flexibility index (Phi) is 6.91. The van der Waals surface area contributed by atoms with E-state index in [1.807, 2.05) is 30.5 Å². The Morgan fingerprint density at radius 2 is 1.86 bits per heavy atom. The van der Waals surface area contributed by atoms with Crippen LogP contribution in [0.1, 0.15) is 25.3 Å². The predicted octanol–water partition coefficient (Wildman–Crippen LogP) is 3.82. The summed E-state index contributed by atoms with van der Waals surface area (Å²) in [6.45, 7) is 7.69. The number of hydrogen-bond acceptors (Lipinski definition) is 8. The Morgan fingerprint density at radius 1 is 1.00 bits per heavy atom. The van der Waals surface area contributed by atoms with Crippen molar-refractivity contribution < 1.29 is 9.13 Å². The lowest BCUT2D eigenvalue weighted by Crippen LogP contribution is -2.40. The topological polar surface area (TPSA) is 93.9 Å². The zero-order valence-corrected chi connectivity index (χ0v) is 19.9. The lowest BCUT2D eigenvalue weighted by molar-refractivity contribution is 0.0251. The van der Waals surface area contributed by atoms with Gasteiger partial charge in [-0.2, -0.15) is 10.2 Å². The number of ether oxygens (including phenoxy) is 1. The van der Waals surface area contributed by atoms with Gasteiger partial charge in [0.2, 0.25) is 0 Å². The molecule has 0 saturated carbocycles. The average Bonchev–Trinajstić information content (AvgIpc) is 3.32. The van der Waals surface area contributed by atoms with Gasteiger partial charge in [0.15, 0.2) is 5.82 Å². The maximum atomic E-state index is 14.6. The summed E-state index contributed by atoms with van der Waals surface area (Å²) in [7, 11) is 0. The van der Waals surface area contributed by atoms with Crippen LogP contribution in [-0.2, 0) is 11.3 Å². The zero-order valence-electron chi connectivity index (χ0n) is 19.9. The molecule has 0 aromatic carbocycles. The number of alkyl halides is 1. The molecule has 1 N–H and O–H groups in total. The molecular formula is C25H29FN8O. The van der Waals surface area contributed by atoms with Gasteiger partial charge in [0, 0.05) is 43.2 Å². The summed E-state index contributed by atoms with van der Waals surface area (Å²) in [4.78, 5) is 11.3. The van der Waals surface area contributed by atoms with Crippen molar-refractivity contribution in [1.29, 1.82) is 0 Å². The van der Waals surface area contributed by atoms with Gasteiger partial charge in [-0.15, -0.1) is 5.10 Å². The van der Waals surface area contributed by atoms with E-state index in [1.165, 1.54) is 0 Å². The van der Waals surface area contributed by atoms with Crippen molar-refractivity contribution in [2.75, 3.05) is 38.2 Å². The van der Waals surface area contributed by atoms with Gasteiger partial charge in [0.25, 0.3) is 0 Å². The van der Waals surface area contributed by atoms with E-state index in [4.69, 9.17) is 9.72 Å². The second kappa shape index (κ2) is 10.4. The summed E-state index contributed by atoms with van der Waals surface area (Å²) in [6.07, 6.45) is 6.15. The van der Waals surface area contributed by atoms with Crippen LogP contribution in [-0.4, -0.2) is 73.9 Å². The van der Waals surface area contributed by atoms with Crippen LogP contribution in [0.2, 0.25) is 0 Å². The van der Waals surface area contributed by atoms with Crippen molar-refractivity contribution in [2.45, 2.75) is 32.5 Å². The van der Waals surface area contributed by atoms with E-state index in [0.29, 0.717) is 37.3 Å². The number of rotatable bonds is 8. The number of nitrogens with zero attached hydrogens (tertiary/aromatic N) is 7. The molecule has 0 radical (unpaired) electrons. The van der Waals surface area contributed by atoms with Gasteiger partial charge in [-0.1, -0.05) is 13.8 Å². The van der Waals surface area contributed by atoms with Crippen LogP contribution in [0, 0.1) is 0 Å². The molecule has 9 nitrogen and oxygen atoms in total. The lowest BCUT2D eigenvalue weighted by Gasteiger charge is -2.27. The molecular weight excluding hydrogens is 447 g/mol. The number of halogens is 1. The maximum Gasteiger partial charge on any atom is 0.154 e. The number of fused-ring (bicyclic) bond motifs is 1. The predicted molar refractivity (Wildman–Crippen MR) is 132 cm³/mol. The molecule has 35 heavy (non-hydrogen) atoms. The van der Waals surface area contributed by atoms with Crippen LogP contribution >= 0.6 is 0 Å². The van der Waals surface area contributed by atoms with Crippen LogP contribution in [0.5, 0.6) is 0 Å². The zero-order chi connectivity index (χ0) is 24.2. The first kappa shape index (κ1) is 23.3. The molecule has 1 aliphatic heterocycles. The van der Waals surface area contributed by atoms with Crippen molar-refractivity contribution in [2.24, 2.45) is 0 Å². The first-order valence-electron chi connectivity index (χ1n) is 11.9. The summed E-state index contributed by atoms with van der Waals surface area (Å²) in [6, 6.07) is 7.72. The van der Waals surface area contributed by atoms with Crippen LogP contribution in [0.25, 0.3) is 22.2 Å². The SMILES string of the molecule is CC(C)c1cnnc(Nc2ccc3ncc(-c4cnn(CC(F)CN5CCOCC5)c4)cc3n2)c1. The van der Waals surface area contributed by atoms with E-state index in [2.05, 4.69) is 44.3 Å². The maximum absolute atomic E-state index is 14.6. The van der Waals surface area contributed by atoms with Gasteiger partial charge in [-0.05, 0) is 35.7 Å². The second-order valence-electron chi connectivity index (χ2n) is 9.07. The minimum absolute atomic E-state index is 0.209. The molecule has 1 saturated heterocycles. The highest BCUT2D eigenvalue weighted by atomic mass is 19.1. The van der Waals surface area contributed by atoms with Gasteiger partial charge in [0.05, 0.1) is 43.2 Å². The minimum atomic E-state index is -0.997. The lowest BCUT2D eigenvalue weighted by atomic mass is 10.1. The van der Waals surface area contributed by atoms with Crippen molar-refractivity contribution in [3.63, 3.8) is 0 Å². The minimum Gasteiger partial charge on any atom is -0.379 e. The van der Waals surface area contributed by atoms with E-state index in [0.717, 1.165) is 40.8 Å². The molecule has 1 fully saturated rings. The third-order valence-corrected chi connectivity index (χ3v) is 6.05. The molecule has 0 spiro atoms. The number of anilines is 2. The molecule has 0 aliphatic carbocycles. The first-order valence-corrected chi connectivity index (χ1v) is 11.9. The first-order chi connectivity index (χ1) is 17.0. The summed E-state index contributed by atoms with van der Waals surface area (Å²) >= 11 is 0. The fourth-order valence-corrected chi connectivity index (χ4v) is 4.06. The summed E-state index contributed by atoms with van der Waals surface area (Å²) < 4.78 is 21.6. The van der Waals surface area contributed by atoms with Crippen LogP contribution in [0.3, 0.4) is 0 Å². The van der Waals surface area contributed by atoms with Crippen LogP contribution < -0.4 is 5.32 Å². The molecule has 0 amide bonds. The molecule has 1 atom stereocenters. The normalized spacial score (nSPS) is 15.5. The Hall–Kier alpha value is -3.50. The highest BCUT2D eigenvalue weighted by molar-refractivity contribution is 5.81. The highest BCUT2D eigenvalue weighted by Crippen LogP contribution is 2.24. The molecule has 10 heteroatoms. The number of morpholine rings is 1. The summed E-state index contributed by atoms with van der Waals surface area (Å²) in [5.41, 5.74) is 4.36. The van der Waals surface area contributed by atoms with E-state index in [1.54, 1.807) is 23.3 Å². The molecule has 1 unspecified atom stereocenters. The van der Waals surface area contributed by atoms with E-state index in [9.17, 15) is 4.39 Å². The summed E-state index contributed by atoms with van der Waals surface area (Å²) in [5.74, 6) is 1.66. The fourth-order valence-electron chi connectivity index (χ4n) is 4.06. The van der Waals surface area contributed by atoms with E-state index in [-0.39, 0.29) is 6.54 Å². The van der Waals surface area contributed by atoms with Gasteiger partial charge in [-0.3, -0.25) is 14.6 Å². The number of pyridine rings is 2. The number of hydrogen-bond donors (Lipinski definition) is 1. The Morgan fingerprint density at radius 3 is 2.69 bits per heavy atom. The number of nitrogens with one attached hydrogen (secondary N) is 1. The van der Waals surface area contributed by atoms with Crippen molar-refractivity contribution >= 4 is 22.7 Å². The van der Waals surface area contributed by atoms with Gasteiger partial charge in [0.1, 0.15) is 12.0 Å². The molecule has 182 valence electrons. The van der Waals surface area contributed by atoms with E-state index < -0.39 is 6.17 Å². The number of aromatic nitrogens is 6. The summed E-state index contributed by atoms with van der Waals surface area (Å²) in [5, 5.41) is 15.8. The molecule has 4 aromatic heterocycles. The van der Waals surface area contributed by atoms with Crippen molar-refractivity contribution in [3.8, 4) is 11.1 Å². The van der Waals surface area contributed by atoms with Gasteiger partial charge < -0.3 is 10.1 Å². The standard InChI is InChI=1S/C25H29FN8O/c1-17(2)18-10-25(32-28-12-18)31-24-4-3-22-23(30-24)9-19(11-27-22)20-13-29-34(14-20)16-21(26)15-33-5-7-35-8-6-33/h3-4,9-14,17,21H,5-8,15-16H2,1-2H3,(H,30,31,32). The van der Waals surface area contributed by atoms with Gasteiger partial charge in [-0.25, -0.2) is 9.37 Å². The molecule has 5 rings (SSSR count). The fraction of sp³-hybridized carbons (Fsp3) is 0.400. The molecule has 0 bridgehead atoms. The highest BCUT2D eigenvalue weighted by Gasteiger charge is 2.17. The second-order valence-corrected chi connectivity index (χ2v) is 9.07. The molecule has 4 aromatic rings. The third-order valence-electron chi connectivity index (χ3n) is 6.05. The largest absolute Gasteiger partial charge is 0.379 e. The quantitative estimate of drug-likeness (QED) is 0.410. The van der Waals surface area contributed by atoms with Crippen LogP contribution in [0.15, 0.2) is 49.1 Å². The van der Waals surface area contributed by atoms with E-state index >= 15 is 0 Å². The van der Waals surface area contributed by atoms with Gasteiger partial charge >= 0.3 is 0 Å². The smallest absolute Gasteiger partial charge is 0.154 e.